The molecule has 0 bridgehead atoms. The molecule has 0 atom stereocenters. The first-order valence-electron chi connectivity index (χ1n) is 10.6. The second kappa shape index (κ2) is 11.1. The van der Waals surface area contributed by atoms with Crippen LogP contribution in [0.3, 0.4) is 0 Å². The van der Waals surface area contributed by atoms with Crippen LogP contribution >= 0.6 is 0 Å². The van der Waals surface area contributed by atoms with Crippen LogP contribution in [-0.2, 0) is 9.53 Å². The van der Waals surface area contributed by atoms with Crippen molar-refractivity contribution in [2.45, 2.75) is 39.5 Å². The van der Waals surface area contributed by atoms with Crippen LogP contribution in [0.2, 0.25) is 0 Å². The molecule has 0 fully saturated rings. The molecular formula is C26H29NO3. The van der Waals surface area contributed by atoms with E-state index in [1.807, 2.05) is 31.2 Å². The fourth-order valence-corrected chi connectivity index (χ4v) is 3.21. The summed E-state index contributed by atoms with van der Waals surface area (Å²) in [5.41, 5.74) is 5.40. The van der Waals surface area contributed by atoms with Crippen LogP contribution in [-0.4, -0.2) is 24.2 Å². The molecule has 0 unspecified atom stereocenters. The van der Waals surface area contributed by atoms with E-state index in [2.05, 4.69) is 49.4 Å². The molecule has 0 amide bonds. The van der Waals surface area contributed by atoms with Crippen LogP contribution in [0.25, 0.3) is 22.4 Å². The predicted molar refractivity (Wildman–Crippen MR) is 120 cm³/mol. The molecule has 0 aliphatic carbocycles. The number of hydrogen-bond acceptors (Lipinski definition) is 4. The topological polar surface area (TPSA) is 48.4 Å². The number of esters is 1. The Bertz CT molecular complexity index is 936. The van der Waals surface area contributed by atoms with E-state index < -0.39 is 0 Å². The van der Waals surface area contributed by atoms with Crippen molar-refractivity contribution < 1.29 is 14.3 Å². The van der Waals surface area contributed by atoms with Crippen molar-refractivity contribution in [3.63, 3.8) is 0 Å². The van der Waals surface area contributed by atoms with Crippen LogP contribution < -0.4 is 4.74 Å². The summed E-state index contributed by atoms with van der Waals surface area (Å²) in [4.78, 5) is 16.1. The Hall–Kier alpha value is -3.14. The molecule has 2 aromatic carbocycles. The van der Waals surface area contributed by atoms with Gasteiger partial charge in [-0.05, 0) is 50.3 Å². The van der Waals surface area contributed by atoms with Gasteiger partial charge in [-0.15, -0.1) is 0 Å². The lowest BCUT2D eigenvalue weighted by atomic mass is 10.0. The Labute approximate surface area is 178 Å². The van der Waals surface area contributed by atoms with Crippen molar-refractivity contribution >= 4 is 5.97 Å². The summed E-state index contributed by atoms with van der Waals surface area (Å²) in [6, 6.07) is 22.7. The molecule has 3 aromatic rings. The molecule has 0 spiro atoms. The largest absolute Gasteiger partial charge is 0.478 e. The number of unbranched alkanes of at least 4 members (excludes halogenated alkanes) is 2. The molecule has 156 valence electrons. The van der Waals surface area contributed by atoms with E-state index in [4.69, 9.17) is 14.5 Å². The van der Waals surface area contributed by atoms with E-state index in [9.17, 15) is 4.79 Å². The lowest BCUT2D eigenvalue weighted by Crippen LogP contribution is -2.04. The maximum absolute atomic E-state index is 11.4. The molecule has 0 N–H and O–H groups in total. The van der Waals surface area contributed by atoms with Gasteiger partial charge < -0.3 is 9.47 Å². The van der Waals surface area contributed by atoms with Crippen LogP contribution in [0.15, 0.2) is 66.7 Å². The van der Waals surface area contributed by atoms with Crippen LogP contribution in [0, 0.1) is 6.92 Å². The van der Waals surface area contributed by atoms with Gasteiger partial charge >= 0.3 is 5.97 Å². The first-order chi connectivity index (χ1) is 14.7. The van der Waals surface area contributed by atoms with Gasteiger partial charge in [0.1, 0.15) is 0 Å². The van der Waals surface area contributed by atoms with Crippen molar-refractivity contribution in [2.24, 2.45) is 0 Å². The highest BCUT2D eigenvalue weighted by Crippen LogP contribution is 2.29. The monoisotopic (exact) mass is 403 g/mol. The normalized spacial score (nSPS) is 10.6. The molecule has 0 radical (unpaired) electrons. The zero-order valence-corrected chi connectivity index (χ0v) is 17.8. The maximum Gasteiger partial charge on any atom is 0.305 e. The minimum Gasteiger partial charge on any atom is -0.478 e. The standard InChI is InChI=1S/C26H29NO3/c1-3-29-26(28)12-8-5-9-17-30-25-19-23(21-10-6-4-7-11-21)18-24(27-25)22-15-13-20(2)14-16-22/h4,6-7,10-11,13-16,18-19H,3,5,8-9,12,17H2,1-2H3. The average Bonchev–Trinajstić information content (AvgIpc) is 2.77. The highest BCUT2D eigenvalue weighted by atomic mass is 16.5. The molecule has 0 aliphatic heterocycles. The van der Waals surface area contributed by atoms with Gasteiger partial charge in [-0.3, -0.25) is 4.79 Å². The minimum atomic E-state index is -0.126. The summed E-state index contributed by atoms with van der Waals surface area (Å²) in [7, 11) is 0. The number of carbonyl (C=O) groups is 1. The van der Waals surface area contributed by atoms with Gasteiger partial charge in [-0.1, -0.05) is 60.2 Å². The third-order valence-corrected chi connectivity index (χ3v) is 4.84. The number of hydrogen-bond donors (Lipinski definition) is 0. The lowest BCUT2D eigenvalue weighted by molar-refractivity contribution is -0.143. The second-order valence-corrected chi connectivity index (χ2v) is 7.28. The number of ether oxygens (including phenoxy) is 2. The average molecular weight is 404 g/mol. The molecule has 4 heteroatoms. The van der Waals surface area contributed by atoms with Gasteiger partial charge in [-0.25, -0.2) is 4.98 Å². The maximum atomic E-state index is 11.4. The van der Waals surface area contributed by atoms with Crippen molar-refractivity contribution in [3.05, 3.63) is 72.3 Å². The summed E-state index contributed by atoms with van der Waals surface area (Å²) in [6.45, 7) is 4.91. The van der Waals surface area contributed by atoms with Crippen LogP contribution in [0.4, 0.5) is 0 Å². The van der Waals surface area contributed by atoms with Crippen molar-refractivity contribution in [1.29, 1.82) is 0 Å². The number of aryl methyl sites for hydroxylation is 1. The van der Waals surface area contributed by atoms with Gasteiger partial charge in [0.25, 0.3) is 0 Å². The Morgan fingerprint density at radius 2 is 1.63 bits per heavy atom. The molecule has 0 aliphatic rings. The fraction of sp³-hybridized carbons (Fsp3) is 0.308. The highest BCUT2D eigenvalue weighted by molar-refractivity contribution is 5.72. The number of nitrogens with zero attached hydrogens (tertiary/aromatic N) is 1. The number of rotatable bonds is 10. The Morgan fingerprint density at radius 1 is 0.867 bits per heavy atom. The Balaban J connectivity index is 1.68. The second-order valence-electron chi connectivity index (χ2n) is 7.28. The van der Waals surface area contributed by atoms with Gasteiger partial charge in [0.15, 0.2) is 0 Å². The van der Waals surface area contributed by atoms with Crippen LogP contribution in [0.5, 0.6) is 5.88 Å². The molecule has 1 aromatic heterocycles. The van der Waals surface area contributed by atoms with Gasteiger partial charge in [-0.2, -0.15) is 0 Å². The first-order valence-corrected chi connectivity index (χ1v) is 10.6. The van der Waals surface area contributed by atoms with E-state index in [0.29, 0.717) is 25.5 Å². The Morgan fingerprint density at radius 3 is 2.37 bits per heavy atom. The Kier molecular flexibility index (Phi) is 8.02. The van der Waals surface area contributed by atoms with E-state index in [1.165, 1.54) is 5.56 Å². The molecule has 0 saturated carbocycles. The van der Waals surface area contributed by atoms with Crippen molar-refractivity contribution in [1.82, 2.24) is 4.98 Å². The predicted octanol–water partition coefficient (Wildman–Crippen LogP) is 6.23. The molecule has 0 saturated heterocycles. The molecule has 3 rings (SSSR count). The number of aromatic nitrogens is 1. The summed E-state index contributed by atoms with van der Waals surface area (Å²) >= 11 is 0. The quantitative estimate of drug-likeness (QED) is 0.297. The smallest absolute Gasteiger partial charge is 0.305 e. The molecule has 4 nitrogen and oxygen atoms in total. The SMILES string of the molecule is CCOC(=O)CCCCCOc1cc(-c2ccccc2)cc(-c2ccc(C)cc2)n1. The van der Waals surface area contributed by atoms with Gasteiger partial charge in [0, 0.05) is 18.1 Å². The third-order valence-electron chi connectivity index (χ3n) is 4.84. The number of carbonyl (C=O) groups excluding carboxylic acids is 1. The zero-order chi connectivity index (χ0) is 21.2. The van der Waals surface area contributed by atoms with E-state index in [1.54, 1.807) is 0 Å². The molecule has 1 heterocycles. The number of benzene rings is 2. The van der Waals surface area contributed by atoms with Gasteiger partial charge in [0.2, 0.25) is 5.88 Å². The minimum absolute atomic E-state index is 0.126. The molecular weight excluding hydrogens is 374 g/mol. The zero-order valence-electron chi connectivity index (χ0n) is 17.8. The van der Waals surface area contributed by atoms with E-state index >= 15 is 0 Å². The van der Waals surface area contributed by atoms with Crippen molar-refractivity contribution in [3.8, 4) is 28.3 Å². The van der Waals surface area contributed by atoms with Gasteiger partial charge in [0.05, 0.1) is 18.9 Å². The highest BCUT2D eigenvalue weighted by Gasteiger charge is 2.08. The number of pyridine rings is 1. The third kappa shape index (κ3) is 6.45. The first kappa shape index (κ1) is 21.6. The van der Waals surface area contributed by atoms with Crippen LogP contribution in [0.1, 0.15) is 38.2 Å². The summed E-state index contributed by atoms with van der Waals surface area (Å²) in [5, 5.41) is 0. The molecule has 30 heavy (non-hydrogen) atoms. The summed E-state index contributed by atoms with van der Waals surface area (Å²) in [5.74, 6) is 0.496. The summed E-state index contributed by atoms with van der Waals surface area (Å²) in [6.07, 6.45) is 3.07. The van der Waals surface area contributed by atoms with E-state index in [0.717, 1.165) is 41.6 Å². The summed E-state index contributed by atoms with van der Waals surface area (Å²) < 4.78 is 10.9. The van der Waals surface area contributed by atoms with Crippen molar-refractivity contribution in [2.75, 3.05) is 13.2 Å². The fourth-order valence-electron chi connectivity index (χ4n) is 3.21. The lowest BCUT2D eigenvalue weighted by Gasteiger charge is -2.11. The van der Waals surface area contributed by atoms with E-state index in [-0.39, 0.29) is 5.97 Å².